The van der Waals surface area contributed by atoms with Gasteiger partial charge in [-0.25, -0.2) is 9.97 Å². The number of nitrogens with zero attached hydrogens (tertiary/aromatic N) is 2. The van der Waals surface area contributed by atoms with Crippen LogP contribution >= 0.6 is 12.4 Å². The number of anilines is 2. The fourth-order valence-electron chi connectivity index (χ4n) is 2.84. The lowest BCUT2D eigenvalue weighted by Crippen LogP contribution is -1.99. The highest BCUT2D eigenvalue weighted by atomic mass is 35.5. The molecule has 4 rings (SSSR count). The summed E-state index contributed by atoms with van der Waals surface area (Å²) in [7, 11) is 0. The Bertz CT molecular complexity index is 1050. The van der Waals surface area contributed by atoms with Crippen molar-refractivity contribution in [2.75, 3.05) is 5.32 Å². The first-order chi connectivity index (χ1) is 12.2. The number of hydrogen-bond acceptors (Lipinski definition) is 3. The smallest absolute Gasteiger partial charge is 0.162 e. The molecule has 1 heterocycles. The quantitative estimate of drug-likeness (QED) is 0.480. The Kier molecular flexibility index (Phi) is 5.19. The summed E-state index contributed by atoms with van der Waals surface area (Å²) < 4.78 is 0. The lowest BCUT2D eigenvalue weighted by Gasteiger charge is -2.12. The maximum Gasteiger partial charge on any atom is 0.162 e. The molecule has 26 heavy (non-hydrogen) atoms. The van der Waals surface area contributed by atoms with Crippen molar-refractivity contribution in [1.82, 2.24) is 9.97 Å². The van der Waals surface area contributed by atoms with E-state index in [4.69, 9.17) is 9.97 Å². The third-order valence-corrected chi connectivity index (χ3v) is 4.40. The Hall–Kier alpha value is -2.91. The fourth-order valence-corrected chi connectivity index (χ4v) is 2.84. The van der Waals surface area contributed by atoms with Crippen molar-refractivity contribution in [3.05, 3.63) is 83.9 Å². The molecule has 0 fully saturated rings. The molecule has 4 heteroatoms. The van der Waals surface area contributed by atoms with E-state index in [9.17, 15) is 0 Å². The van der Waals surface area contributed by atoms with Crippen LogP contribution in [0.15, 0.2) is 72.8 Å². The van der Waals surface area contributed by atoms with E-state index in [0.29, 0.717) is 0 Å². The zero-order valence-corrected chi connectivity index (χ0v) is 15.5. The molecule has 0 aliphatic heterocycles. The van der Waals surface area contributed by atoms with Gasteiger partial charge in [0.25, 0.3) is 0 Å². The molecule has 3 aromatic carbocycles. The van der Waals surface area contributed by atoms with E-state index in [1.54, 1.807) is 0 Å². The van der Waals surface area contributed by atoms with Gasteiger partial charge in [0, 0.05) is 16.6 Å². The van der Waals surface area contributed by atoms with Crippen molar-refractivity contribution >= 4 is 34.8 Å². The first-order valence-electron chi connectivity index (χ1n) is 8.37. The number of halogens is 1. The standard InChI is InChI=1S/C22H19N3.ClH/c1-15-12-13-18(14-16(15)2)23-22-19-10-6-7-11-20(19)24-21(25-22)17-8-4-3-5-9-17;/h3-14H,1-2H3,(H,23,24,25);1H. The van der Waals surface area contributed by atoms with Gasteiger partial charge in [0.15, 0.2) is 5.82 Å². The number of nitrogens with one attached hydrogen (secondary N) is 1. The summed E-state index contributed by atoms with van der Waals surface area (Å²) >= 11 is 0. The highest BCUT2D eigenvalue weighted by Crippen LogP contribution is 2.27. The van der Waals surface area contributed by atoms with Crippen LogP contribution in [0.2, 0.25) is 0 Å². The van der Waals surface area contributed by atoms with Gasteiger partial charge in [0.2, 0.25) is 0 Å². The van der Waals surface area contributed by atoms with Crippen LogP contribution in [0.3, 0.4) is 0 Å². The Morgan fingerprint density at radius 1 is 0.731 bits per heavy atom. The lowest BCUT2D eigenvalue weighted by molar-refractivity contribution is 1.22. The van der Waals surface area contributed by atoms with Crippen molar-refractivity contribution in [3.8, 4) is 11.4 Å². The van der Waals surface area contributed by atoms with Crippen LogP contribution in [-0.2, 0) is 0 Å². The van der Waals surface area contributed by atoms with Crippen molar-refractivity contribution in [2.45, 2.75) is 13.8 Å². The topological polar surface area (TPSA) is 37.8 Å². The normalized spacial score (nSPS) is 10.4. The number of benzene rings is 3. The van der Waals surface area contributed by atoms with E-state index in [-0.39, 0.29) is 12.4 Å². The molecule has 0 atom stereocenters. The van der Waals surface area contributed by atoms with Gasteiger partial charge < -0.3 is 5.32 Å². The first-order valence-corrected chi connectivity index (χ1v) is 8.37. The maximum absolute atomic E-state index is 4.80. The number of aryl methyl sites for hydroxylation is 2. The van der Waals surface area contributed by atoms with Gasteiger partial charge in [-0.2, -0.15) is 0 Å². The molecule has 0 spiro atoms. The first kappa shape index (κ1) is 17.9. The SMILES string of the molecule is Cc1ccc(Nc2nc(-c3ccccc3)nc3ccccc23)cc1C.Cl. The summed E-state index contributed by atoms with van der Waals surface area (Å²) in [4.78, 5) is 9.52. The van der Waals surface area contributed by atoms with Crippen molar-refractivity contribution < 1.29 is 0 Å². The molecule has 130 valence electrons. The van der Waals surface area contributed by atoms with Gasteiger partial charge in [0.05, 0.1) is 5.52 Å². The molecule has 0 radical (unpaired) electrons. The van der Waals surface area contributed by atoms with E-state index in [1.807, 2.05) is 54.6 Å². The van der Waals surface area contributed by atoms with Gasteiger partial charge in [-0.3, -0.25) is 0 Å². The van der Waals surface area contributed by atoms with Crippen LogP contribution in [0.5, 0.6) is 0 Å². The predicted molar refractivity (Wildman–Crippen MR) is 111 cm³/mol. The van der Waals surface area contributed by atoms with Crippen molar-refractivity contribution in [2.24, 2.45) is 0 Å². The Morgan fingerprint density at radius 3 is 2.23 bits per heavy atom. The van der Waals surface area contributed by atoms with Crippen LogP contribution in [-0.4, -0.2) is 9.97 Å². The lowest BCUT2D eigenvalue weighted by atomic mass is 10.1. The van der Waals surface area contributed by atoms with E-state index < -0.39 is 0 Å². The summed E-state index contributed by atoms with van der Waals surface area (Å²) in [6, 6.07) is 24.5. The Balaban J connectivity index is 0.00000196. The monoisotopic (exact) mass is 361 g/mol. The molecule has 1 aromatic heterocycles. The molecule has 4 aromatic rings. The van der Waals surface area contributed by atoms with Crippen LogP contribution < -0.4 is 5.32 Å². The van der Waals surface area contributed by atoms with E-state index >= 15 is 0 Å². The minimum atomic E-state index is 0. The van der Waals surface area contributed by atoms with Crippen LogP contribution in [0.1, 0.15) is 11.1 Å². The second-order valence-corrected chi connectivity index (χ2v) is 6.20. The van der Waals surface area contributed by atoms with Crippen LogP contribution in [0.4, 0.5) is 11.5 Å². The molecule has 0 saturated carbocycles. The highest BCUT2D eigenvalue weighted by molar-refractivity contribution is 5.92. The molecule has 0 aliphatic rings. The third kappa shape index (κ3) is 3.53. The van der Waals surface area contributed by atoms with Gasteiger partial charge in [0.1, 0.15) is 5.82 Å². The maximum atomic E-state index is 4.80. The summed E-state index contributed by atoms with van der Waals surface area (Å²) in [6.07, 6.45) is 0. The Labute approximate surface area is 159 Å². The number of fused-ring (bicyclic) bond motifs is 1. The molecule has 0 amide bonds. The third-order valence-electron chi connectivity index (χ3n) is 4.40. The van der Waals surface area contributed by atoms with Gasteiger partial charge in [-0.1, -0.05) is 48.5 Å². The number of rotatable bonds is 3. The minimum absolute atomic E-state index is 0. The Morgan fingerprint density at radius 2 is 1.46 bits per heavy atom. The molecular weight excluding hydrogens is 342 g/mol. The van der Waals surface area contributed by atoms with Gasteiger partial charge >= 0.3 is 0 Å². The average Bonchev–Trinajstić information content (AvgIpc) is 2.65. The molecule has 0 unspecified atom stereocenters. The second kappa shape index (κ2) is 7.54. The molecule has 0 saturated heterocycles. The van der Waals surface area contributed by atoms with E-state index in [1.165, 1.54) is 11.1 Å². The van der Waals surface area contributed by atoms with Gasteiger partial charge in [-0.05, 0) is 49.2 Å². The zero-order valence-electron chi connectivity index (χ0n) is 14.7. The second-order valence-electron chi connectivity index (χ2n) is 6.20. The molecule has 0 aliphatic carbocycles. The minimum Gasteiger partial charge on any atom is -0.340 e. The number of para-hydroxylation sites is 1. The van der Waals surface area contributed by atoms with E-state index in [0.717, 1.165) is 33.8 Å². The average molecular weight is 362 g/mol. The van der Waals surface area contributed by atoms with Gasteiger partial charge in [-0.15, -0.1) is 12.4 Å². The van der Waals surface area contributed by atoms with Crippen LogP contribution in [0.25, 0.3) is 22.3 Å². The summed E-state index contributed by atoms with van der Waals surface area (Å²) in [6.45, 7) is 4.24. The fraction of sp³-hybridized carbons (Fsp3) is 0.0909. The van der Waals surface area contributed by atoms with E-state index in [2.05, 4.69) is 37.4 Å². The number of aromatic nitrogens is 2. The number of hydrogen-bond donors (Lipinski definition) is 1. The molecule has 0 bridgehead atoms. The van der Waals surface area contributed by atoms with Crippen molar-refractivity contribution in [1.29, 1.82) is 0 Å². The van der Waals surface area contributed by atoms with Crippen LogP contribution in [0, 0.1) is 13.8 Å². The summed E-state index contributed by atoms with van der Waals surface area (Å²) in [5.74, 6) is 1.55. The summed E-state index contributed by atoms with van der Waals surface area (Å²) in [5.41, 5.74) is 5.51. The molecule has 1 N–H and O–H groups in total. The summed E-state index contributed by atoms with van der Waals surface area (Å²) in [5, 5.41) is 4.49. The highest BCUT2D eigenvalue weighted by Gasteiger charge is 2.09. The molecular formula is C22H20ClN3. The predicted octanol–water partition coefficient (Wildman–Crippen LogP) is 6.08. The molecule has 3 nitrogen and oxygen atoms in total. The zero-order chi connectivity index (χ0) is 17.2. The largest absolute Gasteiger partial charge is 0.340 e. The van der Waals surface area contributed by atoms with Crippen molar-refractivity contribution in [3.63, 3.8) is 0 Å².